The number of urea groups is 1. The molecule has 37 heavy (non-hydrogen) atoms. The van der Waals surface area contributed by atoms with E-state index in [0.717, 1.165) is 15.8 Å². The van der Waals surface area contributed by atoms with Crippen molar-refractivity contribution in [1.82, 2.24) is 15.2 Å². The topological polar surface area (TPSA) is 123 Å². The number of carbonyl (C=O) groups is 4. The average molecular weight is 498 g/mol. The van der Waals surface area contributed by atoms with Gasteiger partial charge in [-0.25, -0.2) is 9.69 Å². The average Bonchev–Trinajstić information content (AvgIpc) is 3.54. The number of furan rings is 1. The van der Waals surface area contributed by atoms with E-state index in [1.165, 1.54) is 25.5 Å². The zero-order valence-corrected chi connectivity index (χ0v) is 19.8. The maximum absolute atomic E-state index is 13.3. The van der Waals surface area contributed by atoms with Gasteiger partial charge in [-0.2, -0.15) is 0 Å². The van der Waals surface area contributed by atoms with Crippen molar-refractivity contribution in [3.05, 3.63) is 90.0 Å². The van der Waals surface area contributed by atoms with Crippen LogP contribution in [0, 0.1) is 0 Å². The van der Waals surface area contributed by atoms with E-state index < -0.39 is 17.8 Å². The molecule has 10 heteroatoms. The van der Waals surface area contributed by atoms with Crippen LogP contribution in [0.5, 0.6) is 5.75 Å². The van der Waals surface area contributed by atoms with Crippen LogP contribution in [0.4, 0.5) is 10.5 Å². The summed E-state index contributed by atoms with van der Waals surface area (Å²) in [6, 6.07) is 16.4. The van der Waals surface area contributed by atoms with E-state index in [1.54, 1.807) is 41.1 Å². The van der Waals surface area contributed by atoms with Crippen LogP contribution in [0.15, 0.2) is 83.1 Å². The Morgan fingerprint density at radius 3 is 2.70 bits per heavy atom. The van der Waals surface area contributed by atoms with Gasteiger partial charge in [0.05, 0.1) is 25.6 Å². The van der Waals surface area contributed by atoms with Crippen LogP contribution < -0.4 is 20.3 Å². The van der Waals surface area contributed by atoms with Crippen molar-refractivity contribution in [2.75, 3.05) is 12.0 Å². The highest BCUT2D eigenvalue weighted by Crippen LogP contribution is 2.28. The second-order valence-corrected chi connectivity index (χ2v) is 8.24. The number of imide groups is 2. The Kier molecular flexibility index (Phi) is 6.29. The number of hydrogen-bond acceptors (Lipinski definition) is 6. The number of para-hydroxylation sites is 1. The van der Waals surface area contributed by atoms with Crippen LogP contribution in [0.2, 0.25) is 0 Å². The molecule has 5 amide bonds. The van der Waals surface area contributed by atoms with Crippen LogP contribution in [0.3, 0.4) is 0 Å². The minimum atomic E-state index is -0.851. The fourth-order valence-corrected chi connectivity index (χ4v) is 4.13. The van der Waals surface area contributed by atoms with Gasteiger partial charge in [0.15, 0.2) is 0 Å². The van der Waals surface area contributed by atoms with E-state index in [0.29, 0.717) is 17.1 Å². The fourth-order valence-electron chi connectivity index (χ4n) is 4.13. The lowest BCUT2D eigenvalue weighted by molar-refractivity contribution is -0.123. The molecule has 2 aromatic carbocycles. The molecule has 2 N–H and O–H groups in total. The van der Waals surface area contributed by atoms with Crippen molar-refractivity contribution < 1.29 is 28.3 Å². The highest BCUT2D eigenvalue weighted by molar-refractivity contribution is 6.39. The first-order valence-corrected chi connectivity index (χ1v) is 11.4. The Labute approximate surface area is 211 Å². The van der Waals surface area contributed by atoms with E-state index >= 15 is 0 Å². The maximum atomic E-state index is 13.3. The summed E-state index contributed by atoms with van der Waals surface area (Å²) in [5, 5.41) is 5.76. The summed E-state index contributed by atoms with van der Waals surface area (Å²) in [6.45, 7) is 0.268. The van der Waals surface area contributed by atoms with Gasteiger partial charge >= 0.3 is 6.03 Å². The molecule has 0 spiro atoms. The second kappa shape index (κ2) is 9.86. The lowest BCUT2D eigenvalue weighted by atomic mass is 10.1. The third-order valence-electron chi connectivity index (χ3n) is 5.89. The number of nitrogens with zero attached hydrogens (tertiary/aromatic N) is 2. The fraction of sp³-hybridized carbons (Fsp3) is 0.111. The first-order chi connectivity index (χ1) is 17.9. The molecular formula is C27H22N4O6. The highest BCUT2D eigenvalue weighted by atomic mass is 16.5. The van der Waals surface area contributed by atoms with E-state index in [-0.39, 0.29) is 30.3 Å². The van der Waals surface area contributed by atoms with Gasteiger partial charge in [0.2, 0.25) is 5.91 Å². The molecule has 2 aromatic heterocycles. The molecule has 1 fully saturated rings. The summed E-state index contributed by atoms with van der Waals surface area (Å²) in [7, 11) is 1.47. The second-order valence-electron chi connectivity index (χ2n) is 8.24. The Bertz CT molecular complexity index is 1550. The van der Waals surface area contributed by atoms with Gasteiger partial charge in [-0.1, -0.05) is 24.3 Å². The Balaban J connectivity index is 1.46. The number of hydrogen-bond donors (Lipinski definition) is 2. The minimum Gasteiger partial charge on any atom is -0.497 e. The Morgan fingerprint density at radius 1 is 1.08 bits per heavy atom. The van der Waals surface area contributed by atoms with Gasteiger partial charge in [-0.05, 0) is 36.4 Å². The molecule has 0 unspecified atom stereocenters. The molecule has 1 aliphatic heterocycles. The molecule has 0 aliphatic carbocycles. The lowest BCUT2D eigenvalue weighted by Gasteiger charge is -2.26. The van der Waals surface area contributed by atoms with Crippen molar-refractivity contribution in [3.63, 3.8) is 0 Å². The molecule has 0 bridgehead atoms. The van der Waals surface area contributed by atoms with Gasteiger partial charge < -0.3 is 19.0 Å². The zero-order chi connectivity index (χ0) is 25.9. The quantitative estimate of drug-likeness (QED) is 0.298. The van der Waals surface area contributed by atoms with Crippen LogP contribution in [-0.2, 0) is 27.5 Å². The summed E-state index contributed by atoms with van der Waals surface area (Å²) < 4.78 is 12.2. The largest absolute Gasteiger partial charge is 0.497 e. The first-order valence-electron chi connectivity index (χ1n) is 11.4. The number of amides is 5. The van der Waals surface area contributed by atoms with Crippen molar-refractivity contribution in [2.24, 2.45) is 0 Å². The van der Waals surface area contributed by atoms with Crippen LogP contribution >= 0.6 is 0 Å². The smallest absolute Gasteiger partial charge is 0.335 e. The molecule has 4 aromatic rings. The number of aromatic nitrogens is 1. The van der Waals surface area contributed by atoms with Crippen LogP contribution in [0.1, 0.15) is 11.3 Å². The molecule has 3 heterocycles. The number of ether oxygens (including phenoxy) is 1. The predicted molar refractivity (Wildman–Crippen MR) is 134 cm³/mol. The molecule has 0 radical (unpaired) electrons. The number of nitrogens with one attached hydrogen (secondary N) is 2. The predicted octanol–water partition coefficient (Wildman–Crippen LogP) is 3.23. The number of fused-ring (bicyclic) bond motifs is 1. The van der Waals surface area contributed by atoms with Gasteiger partial charge in [0.25, 0.3) is 11.8 Å². The van der Waals surface area contributed by atoms with Crippen LogP contribution in [0.25, 0.3) is 17.0 Å². The number of anilines is 1. The molecular weight excluding hydrogens is 476 g/mol. The Hall–Kier alpha value is -5.12. The summed E-state index contributed by atoms with van der Waals surface area (Å²) in [5.41, 5.74) is 1.34. The molecule has 5 rings (SSSR count). The summed E-state index contributed by atoms with van der Waals surface area (Å²) in [6.07, 6.45) is 4.65. The zero-order valence-electron chi connectivity index (χ0n) is 19.8. The maximum Gasteiger partial charge on any atom is 0.335 e. The monoisotopic (exact) mass is 498 g/mol. The van der Waals surface area contributed by atoms with Crippen molar-refractivity contribution in [1.29, 1.82) is 0 Å². The molecule has 186 valence electrons. The molecule has 0 atom stereocenters. The number of rotatable bonds is 7. The first kappa shape index (κ1) is 23.6. The molecule has 1 aliphatic rings. The third-order valence-corrected chi connectivity index (χ3v) is 5.89. The third kappa shape index (κ3) is 4.72. The summed E-state index contributed by atoms with van der Waals surface area (Å²) in [4.78, 5) is 52.0. The molecule has 0 saturated carbocycles. The summed E-state index contributed by atoms with van der Waals surface area (Å²) >= 11 is 0. The minimum absolute atomic E-state index is 0.0129. The summed E-state index contributed by atoms with van der Waals surface area (Å²) in [5.74, 6) is -0.725. The van der Waals surface area contributed by atoms with E-state index in [4.69, 9.17) is 9.15 Å². The van der Waals surface area contributed by atoms with Gasteiger partial charge in [0, 0.05) is 28.7 Å². The van der Waals surface area contributed by atoms with E-state index in [2.05, 4.69) is 10.6 Å². The number of methoxy groups -OCH3 is 1. The van der Waals surface area contributed by atoms with E-state index in [1.807, 2.05) is 24.3 Å². The standard InChI is InChI=1S/C27H22N4O6/c1-36-19-7-4-6-18(13-19)31-26(34)22(25(33)29-27(31)35)12-17-15-30(23-10-3-2-9-21(17)23)16-24(32)28-14-20-8-5-11-37-20/h2-13,15H,14,16H2,1H3,(H,28,32)(H,29,33,35). The van der Waals surface area contributed by atoms with Gasteiger partial charge in [-0.3, -0.25) is 19.7 Å². The lowest BCUT2D eigenvalue weighted by Crippen LogP contribution is -2.54. The van der Waals surface area contributed by atoms with E-state index in [9.17, 15) is 19.2 Å². The SMILES string of the molecule is COc1cccc(N2C(=O)NC(=O)C(=Cc3cn(CC(=O)NCc4ccco4)c4ccccc34)C2=O)c1. The normalized spacial score (nSPS) is 14.8. The van der Waals surface area contributed by atoms with Crippen molar-refractivity contribution in [2.45, 2.75) is 13.1 Å². The number of barbiturate groups is 1. The molecule has 10 nitrogen and oxygen atoms in total. The number of benzene rings is 2. The van der Waals surface area contributed by atoms with Gasteiger partial charge in [0.1, 0.15) is 23.6 Å². The molecule has 1 saturated heterocycles. The highest BCUT2D eigenvalue weighted by Gasteiger charge is 2.37. The number of carbonyl (C=O) groups excluding carboxylic acids is 4. The van der Waals surface area contributed by atoms with Crippen molar-refractivity contribution >= 4 is 46.4 Å². The van der Waals surface area contributed by atoms with Gasteiger partial charge in [-0.15, -0.1) is 0 Å². The van der Waals surface area contributed by atoms with Crippen molar-refractivity contribution in [3.8, 4) is 5.75 Å². The van der Waals surface area contributed by atoms with Crippen LogP contribution in [-0.4, -0.2) is 35.4 Å². The Morgan fingerprint density at radius 2 is 1.92 bits per heavy atom.